The van der Waals surface area contributed by atoms with Crippen LogP contribution in [-0.2, 0) is 13.5 Å². The van der Waals surface area contributed by atoms with E-state index in [1.54, 1.807) is 4.68 Å². The molecule has 0 saturated carbocycles. The minimum Gasteiger partial charge on any atom is -0.330 e. The van der Waals surface area contributed by atoms with Crippen molar-refractivity contribution in [3.63, 3.8) is 0 Å². The molecule has 0 aliphatic heterocycles. The van der Waals surface area contributed by atoms with E-state index >= 15 is 0 Å². The van der Waals surface area contributed by atoms with Gasteiger partial charge in [-0.05, 0) is 25.5 Å². The molecule has 2 heterocycles. The zero-order chi connectivity index (χ0) is 10.8. The number of hydrogen-bond donors (Lipinski definition) is 2. The second-order valence-corrected chi connectivity index (χ2v) is 3.64. The van der Waals surface area contributed by atoms with E-state index in [1.807, 2.05) is 26.4 Å². The summed E-state index contributed by atoms with van der Waals surface area (Å²) in [6, 6.07) is 0. The number of nitrogens with zero attached hydrogens (tertiary/aromatic N) is 3. The van der Waals surface area contributed by atoms with Gasteiger partial charge in [-0.25, -0.2) is 0 Å². The first-order valence-electron chi connectivity index (χ1n) is 4.95. The molecule has 0 spiro atoms. The highest BCUT2D eigenvalue weighted by atomic mass is 15.3. The van der Waals surface area contributed by atoms with Gasteiger partial charge in [-0.15, -0.1) is 0 Å². The number of rotatable bonds is 3. The van der Waals surface area contributed by atoms with Crippen LogP contribution in [0, 0.1) is 6.92 Å². The van der Waals surface area contributed by atoms with Gasteiger partial charge in [-0.2, -0.15) is 10.2 Å². The Labute approximate surface area is 88.3 Å². The van der Waals surface area contributed by atoms with Crippen LogP contribution in [0.1, 0.15) is 11.1 Å². The van der Waals surface area contributed by atoms with Crippen molar-refractivity contribution in [1.82, 2.24) is 20.0 Å². The number of nitrogens with one attached hydrogen (secondary N) is 1. The Bertz CT molecular complexity index is 454. The Morgan fingerprint density at radius 1 is 1.53 bits per heavy atom. The molecular formula is C10H15N5. The summed E-state index contributed by atoms with van der Waals surface area (Å²) in [5.74, 6) is 0. The summed E-state index contributed by atoms with van der Waals surface area (Å²) in [4.78, 5) is 0. The van der Waals surface area contributed by atoms with Gasteiger partial charge >= 0.3 is 0 Å². The van der Waals surface area contributed by atoms with Gasteiger partial charge < -0.3 is 5.73 Å². The Balaban J connectivity index is 2.44. The van der Waals surface area contributed by atoms with Gasteiger partial charge in [0.25, 0.3) is 0 Å². The molecule has 0 aliphatic rings. The highest BCUT2D eigenvalue weighted by molar-refractivity contribution is 5.61. The molecule has 2 rings (SSSR count). The molecule has 5 heteroatoms. The van der Waals surface area contributed by atoms with E-state index < -0.39 is 0 Å². The van der Waals surface area contributed by atoms with E-state index in [4.69, 9.17) is 5.73 Å². The quantitative estimate of drug-likeness (QED) is 0.771. The van der Waals surface area contributed by atoms with Crippen LogP contribution in [0.5, 0.6) is 0 Å². The predicted octanol–water partition coefficient (Wildman–Crippen LogP) is 0.620. The van der Waals surface area contributed by atoms with Crippen LogP contribution in [-0.4, -0.2) is 26.5 Å². The van der Waals surface area contributed by atoms with Crippen LogP contribution in [0.3, 0.4) is 0 Å². The zero-order valence-electron chi connectivity index (χ0n) is 8.99. The van der Waals surface area contributed by atoms with Gasteiger partial charge in [-0.3, -0.25) is 9.78 Å². The standard InChI is InChI=1S/C10H15N5/c1-7-6-15(2)14-9(7)10-8(3-4-11)5-12-13-10/h5-6H,3-4,11H2,1-2H3,(H,12,13). The Kier molecular flexibility index (Phi) is 2.55. The van der Waals surface area contributed by atoms with E-state index in [0.29, 0.717) is 6.54 Å². The third-order valence-corrected chi connectivity index (χ3v) is 2.38. The zero-order valence-corrected chi connectivity index (χ0v) is 8.99. The average Bonchev–Trinajstić information content (AvgIpc) is 2.73. The maximum atomic E-state index is 5.54. The summed E-state index contributed by atoms with van der Waals surface area (Å²) >= 11 is 0. The number of aromatic amines is 1. The predicted molar refractivity (Wildman–Crippen MR) is 58.3 cm³/mol. The molecule has 0 saturated heterocycles. The summed E-state index contributed by atoms with van der Waals surface area (Å²) in [5.41, 5.74) is 9.75. The molecule has 0 aliphatic carbocycles. The second kappa shape index (κ2) is 3.86. The molecule has 2 aromatic rings. The average molecular weight is 205 g/mol. The van der Waals surface area contributed by atoms with Crippen molar-refractivity contribution in [1.29, 1.82) is 0 Å². The smallest absolute Gasteiger partial charge is 0.113 e. The maximum Gasteiger partial charge on any atom is 0.113 e. The highest BCUT2D eigenvalue weighted by Crippen LogP contribution is 2.22. The summed E-state index contributed by atoms with van der Waals surface area (Å²) in [6.07, 6.45) is 4.63. The third-order valence-electron chi connectivity index (χ3n) is 2.38. The first-order chi connectivity index (χ1) is 7.22. The maximum absolute atomic E-state index is 5.54. The first kappa shape index (κ1) is 9.92. The van der Waals surface area contributed by atoms with E-state index in [2.05, 4.69) is 15.3 Å². The van der Waals surface area contributed by atoms with E-state index in [0.717, 1.165) is 28.9 Å². The Morgan fingerprint density at radius 3 is 2.93 bits per heavy atom. The number of H-pyrrole nitrogens is 1. The fourth-order valence-electron chi connectivity index (χ4n) is 1.72. The van der Waals surface area contributed by atoms with Crippen molar-refractivity contribution >= 4 is 0 Å². The molecule has 2 aromatic heterocycles. The molecule has 80 valence electrons. The molecule has 5 nitrogen and oxygen atoms in total. The molecular weight excluding hydrogens is 190 g/mol. The van der Waals surface area contributed by atoms with Crippen LogP contribution in [0.25, 0.3) is 11.4 Å². The number of aromatic nitrogens is 4. The van der Waals surface area contributed by atoms with Gasteiger partial charge in [0.2, 0.25) is 0 Å². The van der Waals surface area contributed by atoms with Crippen molar-refractivity contribution in [2.75, 3.05) is 6.54 Å². The third kappa shape index (κ3) is 1.78. The first-order valence-corrected chi connectivity index (χ1v) is 4.95. The number of nitrogens with two attached hydrogens (primary N) is 1. The topological polar surface area (TPSA) is 72.5 Å². The fraction of sp³-hybridized carbons (Fsp3) is 0.400. The monoisotopic (exact) mass is 205 g/mol. The molecule has 3 N–H and O–H groups in total. The summed E-state index contributed by atoms with van der Waals surface area (Å²) in [5, 5.41) is 11.4. The Hall–Kier alpha value is -1.62. The minimum absolute atomic E-state index is 0.623. The van der Waals surface area contributed by atoms with Crippen molar-refractivity contribution < 1.29 is 0 Å². The van der Waals surface area contributed by atoms with Gasteiger partial charge in [0.05, 0.1) is 11.9 Å². The minimum atomic E-state index is 0.623. The molecule has 15 heavy (non-hydrogen) atoms. The molecule has 0 aromatic carbocycles. The fourth-order valence-corrected chi connectivity index (χ4v) is 1.72. The van der Waals surface area contributed by atoms with Crippen molar-refractivity contribution in [2.24, 2.45) is 12.8 Å². The lowest BCUT2D eigenvalue weighted by Crippen LogP contribution is -2.03. The van der Waals surface area contributed by atoms with Crippen molar-refractivity contribution in [3.05, 3.63) is 23.5 Å². The molecule has 0 amide bonds. The van der Waals surface area contributed by atoms with Crippen molar-refractivity contribution in [2.45, 2.75) is 13.3 Å². The van der Waals surface area contributed by atoms with Gasteiger partial charge in [0.15, 0.2) is 0 Å². The van der Waals surface area contributed by atoms with Crippen LogP contribution >= 0.6 is 0 Å². The van der Waals surface area contributed by atoms with Crippen LogP contribution in [0.2, 0.25) is 0 Å². The van der Waals surface area contributed by atoms with Gasteiger partial charge in [-0.1, -0.05) is 0 Å². The highest BCUT2D eigenvalue weighted by Gasteiger charge is 2.12. The normalized spacial score (nSPS) is 10.9. The van der Waals surface area contributed by atoms with Gasteiger partial charge in [0.1, 0.15) is 5.69 Å². The molecule has 0 fully saturated rings. The SMILES string of the molecule is Cc1cn(C)nc1-c1[nH]ncc1CCN. The van der Waals surface area contributed by atoms with Crippen molar-refractivity contribution in [3.8, 4) is 11.4 Å². The van der Waals surface area contributed by atoms with E-state index in [1.165, 1.54) is 0 Å². The lowest BCUT2D eigenvalue weighted by molar-refractivity contribution is 0.769. The number of aryl methyl sites for hydroxylation is 2. The molecule has 0 unspecified atom stereocenters. The molecule has 0 radical (unpaired) electrons. The number of hydrogen-bond acceptors (Lipinski definition) is 3. The van der Waals surface area contributed by atoms with Crippen LogP contribution in [0.4, 0.5) is 0 Å². The van der Waals surface area contributed by atoms with E-state index in [9.17, 15) is 0 Å². The summed E-state index contributed by atoms with van der Waals surface area (Å²) < 4.78 is 1.80. The summed E-state index contributed by atoms with van der Waals surface area (Å²) in [7, 11) is 1.91. The molecule has 0 atom stereocenters. The lowest BCUT2D eigenvalue weighted by atomic mass is 10.1. The Morgan fingerprint density at radius 2 is 2.33 bits per heavy atom. The van der Waals surface area contributed by atoms with Gasteiger partial charge in [0, 0.05) is 18.8 Å². The summed E-state index contributed by atoms with van der Waals surface area (Å²) in [6.45, 7) is 2.66. The molecule has 0 bridgehead atoms. The second-order valence-electron chi connectivity index (χ2n) is 3.64. The van der Waals surface area contributed by atoms with Crippen LogP contribution < -0.4 is 5.73 Å². The van der Waals surface area contributed by atoms with Crippen LogP contribution in [0.15, 0.2) is 12.4 Å². The largest absolute Gasteiger partial charge is 0.330 e. The lowest BCUT2D eigenvalue weighted by Gasteiger charge is -1.99. The van der Waals surface area contributed by atoms with E-state index in [-0.39, 0.29) is 0 Å².